The highest BCUT2D eigenvalue weighted by Gasteiger charge is 2.45. The number of aliphatic hydroxyl groups is 2. The second-order valence-electron chi connectivity index (χ2n) is 4.40. The number of Topliss-reactive ketones (excluding diaryl/α,β-unsaturated/α-hetero) is 1. The minimum atomic E-state index is -0.834. The van der Waals surface area contributed by atoms with E-state index < -0.39 is 22.6 Å². The Morgan fingerprint density at radius 2 is 1.54 bits per heavy atom. The summed E-state index contributed by atoms with van der Waals surface area (Å²) in [6.07, 6.45) is 0. The predicted octanol–water partition coefficient (Wildman–Crippen LogP) is 1.04. The summed E-state index contributed by atoms with van der Waals surface area (Å²) in [6, 6.07) is 0. The Labute approximate surface area is 77.3 Å². The van der Waals surface area contributed by atoms with E-state index in [-0.39, 0.29) is 5.76 Å². The number of ketones is 1. The van der Waals surface area contributed by atoms with Crippen LogP contribution >= 0.6 is 0 Å². The van der Waals surface area contributed by atoms with Gasteiger partial charge in [-0.05, 0) is 27.7 Å². The Kier molecular flexibility index (Phi) is 1.92. The van der Waals surface area contributed by atoms with Crippen molar-refractivity contribution in [1.82, 2.24) is 5.32 Å². The van der Waals surface area contributed by atoms with Gasteiger partial charge in [0.05, 0.1) is 11.1 Å². The van der Waals surface area contributed by atoms with E-state index in [2.05, 4.69) is 5.32 Å². The molecular formula is C9H15NO3. The average molecular weight is 185 g/mol. The van der Waals surface area contributed by atoms with Crippen molar-refractivity contribution in [1.29, 1.82) is 0 Å². The zero-order valence-corrected chi connectivity index (χ0v) is 8.30. The molecule has 4 nitrogen and oxygen atoms in total. The number of aliphatic hydroxyl groups excluding tert-OH is 2. The molecule has 3 N–H and O–H groups in total. The third-order valence-corrected chi connectivity index (χ3v) is 2.22. The molecule has 0 atom stereocenters. The average Bonchev–Trinajstić information content (AvgIpc) is 1.96. The lowest BCUT2D eigenvalue weighted by Crippen LogP contribution is -2.61. The second-order valence-corrected chi connectivity index (χ2v) is 4.40. The van der Waals surface area contributed by atoms with Gasteiger partial charge in [0.2, 0.25) is 11.5 Å². The minimum Gasteiger partial charge on any atom is -0.507 e. The van der Waals surface area contributed by atoms with Gasteiger partial charge in [-0.1, -0.05) is 0 Å². The molecule has 4 heteroatoms. The normalized spacial score (nSPS) is 26.3. The van der Waals surface area contributed by atoms with E-state index in [1.165, 1.54) is 0 Å². The quantitative estimate of drug-likeness (QED) is 0.527. The molecule has 0 aromatic carbocycles. The van der Waals surface area contributed by atoms with Crippen LogP contribution in [0.15, 0.2) is 11.5 Å². The molecule has 1 aliphatic rings. The molecule has 0 aromatic rings. The maximum atomic E-state index is 11.4. The van der Waals surface area contributed by atoms with E-state index in [0.29, 0.717) is 0 Å². The van der Waals surface area contributed by atoms with Crippen LogP contribution in [0, 0.1) is 0 Å². The Morgan fingerprint density at radius 1 is 1.08 bits per heavy atom. The van der Waals surface area contributed by atoms with Gasteiger partial charge in [-0.2, -0.15) is 0 Å². The van der Waals surface area contributed by atoms with E-state index >= 15 is 0 Å². The second kappa shape index (κ2) is 2.48. The summed E-state index contributed by atoms with van der Waals surface area (Å²) >= 11 is 0. The summed E-state index contributed by atoms with van der Waals surface area (Å²) in [5.74, 6) is -1.31. The summed E-state index contributed by atoms with van der Waals surface area (Å²) < 4.78 is 0. The van der Waals surface area contributed by atoms with E-state index in [4.69, 9.17) is 0 Å². The SMILES string of the molecule is CC1(C)NC(C)(C)C(O)=C(O)C1=O. The first-order valence-electron chi connectivity index (χ1n) is 4.15. The highest BCUT2D eigenvalue weighted by Crippen LogP contribution is 2.28. The molecule has 0 aliphatic carbocycles. The zero-order valence-electron chi connectivity index (χ0n) is 8.30. The van der Waals surface area contributed by atoms with Crippen LogP contribution in [0.5, 0.6) is 0 Å². The standard InChI is InChI=1S/C9H15NO3/c1-8(2)6(12)5(11)7(13)9(3,4)10-8/h10-12H,1-4H3. The predicted molar refractivity (Wildman–Crippen MR) is 48.6 cm³/mol. The fourth-order valence-corrected chi connectivity index (χ4v) is 1.60. The first-order chi connectivity index (χ1) is 5.68. The molecule has 74 valence electrons. The molecule has 0 saturated carbocycles. The number of rotatable bonds is 0. The molecule has 0 bridgehead atoms. The monoisotopic (exact) mass is 185 g/mol. The van der Waals surface area contributed by atoms with Crippen LogP contribution in [0.25, 0.3) is 0 Å². The van der Waals surface area contributed by atoms with Crippen LogP contribution in [0.1, 0.15) is 27.7 Å². The maximum absolute atomic E-state index is 11.4. The molecule has 0 fully saturated rings. The lowest BCUT2D eigenvalue weighted by molar-refractivity contribution is -0.125. The van der Waals surface area contributed by atoms with E-state index in [0.717, 1.165) is 0 Å². The van der Waals surface area contributed by atoms with Crippen LogP contribution in [0.4, 0.5) is 0 Å². The Bertz CT molecular complexity index is 289. The molecule has 13 heavy (non-hydrogen) atoms. The fraction of sp³-hybridized carbons (Fsp3) is 0.667. The zero-order chi connectivity index (χ0) is 10.4. The number of carbonyl (C=O) groups is 1. The molecule has 0 radical (unpaired) electrons. The Hall–Kier alpha value is -1.03. The van der Waals surface area contributed by atoms with Gasteiger partial charge < -0.3 is 10.2 Å². The van der Waals surface area contributed by atoms with Gasteiger partial charge in [-0.3, -0.25) is 10.1 Å². The van der Waals surface area contributed by atoms with Crippen molar-refractivity contribution in [2.75, 3.05) is 0 Å². The molecule has 0 unspecified atom stereocenters. The lowest BCUT2D eigenvalue weighted by atomic mass is 9.85. The number of nitrogens with one attached hydrogen (secondary N) is 1. The van der Waals surface area contributed by atoms with Gasteiger partial charge in [0.25, 0.3) is 0 Å². The van der Waals surface area contributed by atoms with Crippen molar-refractivity contribution < 1.29 is 15.0 Å². The molecule has 1 heterocycles. The van der Waals surface area contributed by atoms with Crippen molar-refractivity contribution >= 4 is 5.78 Å². The summed E-state index contributed by atoms with van der Waals surface area (Å²) in [6.45, 7) is 6.74. The topological polar surface area (TPSA) is 69.6 Å². The number of hydrogen-bond donors (Lipinski definition) is 3. The summed E-state index contributed by atoms with van der Waals surface area (Å²) in [7, 11) is 0. The molecule has 0 aromatic heterocycles. The fourth-order valence-electron chi connectivity index (χ4n) is 1.60. The number of carbonyl (C=O) groups excluding carboxylic acids is 1. The van der Waals surface area contributed by atoms with Gasteiger partial charge in [-0.15, -0.1) is 0 Å². The van der Waals surface area contributed by atoms with Crippen molar-refractivity contribution in [3.05, 3.63) is 11.5 Å². The van der Waals surface area contributed by atoms with Crippen LogP contribution in [-0.2, 0) is 4.79 Å². The van der Waals surface area contributed by atoms with Crippen LogP contribution in [-0.4, -0.2) is 27.1 Å². The van der Waals surface area contributed by atoms with Gasteiger partial charge in [0.15, 0.2) is 5.76 Å². The molecule has 1 aliphatic heterocycles. The van der Waals surface area contributed by atoms with E-state index in [9.17, 15) is 15.0 Å². The Morgan fingerprint density at radius 3 is 2.00 bits per heavy atom. The van der Waals surface area contributed by atoms with Gasteiger partial charge >= 0.3 is 0 Å². The van der Waals surface area contributed by atoms with Crippen molar-refractivity contribution in [2.24, 2.45) is 0 Å². The highest BCUT2D eigenvalue weighted by atomic mass is 16.3. The van der Waals surface area contributed by atoms with Crippen LogP contribution in [0.3, 0.4) is 0 Å². The molecule has 1 rings (SSSR count). The van der Waals surface area contributed by atoms with E-state index in [1.54, 1.807) is 27.7 Å². The largest absolute Gasteiger partial charge is 0.507 e. The minimum absolute atomic E-state index is 0.295. The van der Waals surface area contributed by atoms with Gasteiger partial charge in [0.1, 0.15) is 0 Å². The highest BCUT2D eigenvalue weighted by molar-refractivity contribution is 6.01. The first kappa shape index (κ1) is 10.1. The first-order valence-corrected chi connectivity index (χ1v) is 4.15. The van der Waals surface area contributed by atoms with Crippen molar-refractivity contribution in [2.45, 2.75) is 38.8 Å². The maximum Gasteiger partial charge on any atom is 0.220 e. The Balaban J connectivity index is 3.25. The van der Waals surface area contributed by atoms with Crippen LogP contribution < -0.4 is 5.32 Å². The summed E-state index contributed by atoms with van der Waals surface area (Å²) in [5.41, 5.74) is -1.60. The third kappa shape index (κ3) is 1.42. The van der Waals surface area contributed by atoms with Crippen LogP contribution in [0.2, 0.25) is 0 Å². The van der Waals surface area contributed by atoms with E-state index in [1.807, 2.05) is 0 Å². The number of hydrogen-bond acceptors (Lipinski definition) is 4. The molecular weight excluding hydrogens is 170 g/mol. The molecule has 0 saturated heterocycles. The summed E-state index contributed by atoms with van der Waals surface area (Å²) in [4.78, 5) is 11.4. The molecule has 0 amide bonds. The van der Waals surface area contributed by atoms with Crippen molar-refractivity contribution in [3.8, 4) is 0 Å². The third-order valence-electron chi connectivity index (χ3n) is 2.22. The summed E-state index contributed by atoms with van der Waals surface area (Å²) in [5, 5.41) is 21.8. The van der Waals surface area contributed by atoms with Gasteiger partial charge in [-0.25, -0.2) is 0 Å². The smallest absolute Gasteiger partial charge is 0.220 e. The van der Waals surface area contributed by atoms with Gasteiger partial charge in [0, 0.05) is 0 Å². The lowest BCUT2D eigenvalue weighted by Gasteiger charge is -2.39. The van der Waals surface area contributed by atoms with Crippen molar-refractivity contribution in [3.63, 3.8) is 0 Å². The molecule has 0 spiro atoms.